The summed E-state index contributed by atoms with van der Waals surface area (Å²) >= 11 is 0. The molecule has 1 N–H and O–H groups in total. The maximum atomic E-state index is 5.84. The van der Waals surface area contributed by atoms with Gasteiger partial charge in [0.1, 0.15) is 23.7 Å². The average Bonchev–Trinajstić information content (AvgIpc) is 2.46. The highest BCUT2D eigenvalue weighted by Crippen LogP contribution is 2.21. The van der Waals surface area contributed by atoms with Gasteiger partial charge in [0.25, 0.3) is 0 Å². The highest BCUT2D eigenvalue weighted by atomic mass is 16.7. The lowest BCUT2D eigenvalue weighted by Gasteiger charge is -2.22. The second kappa shape index (κ2) is 8.57. The molecule has 0 heterocycles. The Hall–Kier alpha value is -1.68. The van der Waals surface area contributed by atoms with Gasteiger partial charge in [-0.25, -0.2) is 0 Å². The van der Waals surface area contributed by atoms with E-state index in [9.17, 15) is 0 Å². The lowest BCUT2D eigenvalue weighted by Crippen LogP contribution is -2.33. The van der Waals surface area contributed by atoms with Crippen molar-refractivity contribution in [3.8, 4) is 11.5 Å². The van der Waals surface area contributed by atoms with E-state index in [-0.39, 0.29) is 18.3 Å². The number of ether oxygens (including phenoxy) is 2. The van der Waals surface area contributed by atoms with Crippen molar-refractivity contribution in [2.45, 2.75) is 59.4 Å². The number of hydroxylamine groups is 1. The van der Waals surface area contributed by atoms with E-state index in [0.717, 1.165) is 23.6 Å². The van der Waals surface area contributed by atoms with Gasteiger partial charge < -0.3 is 9.47 Å². The fraction of sp³-hybridized carbons (Fsp3) is 0.529. The van der Waals surface area contributed by atoms with Crippen molar-refractivity contribution >= 4 is 0 Å². The van der Waals surface area contributed by atoms with Gasteiger partial charge in [0.15, 0.2) is 0 Å². The lowest BCUT2D eigenvalue weighted by atomic mass is 10.2. The fourth-order valence-corrected chi connectivity index (χ4v) is 1.51. The first-order valence-corrected chi connectivity index (χ1v) is 7.43. The Balaban J connectivity index is 2.48. The third kappa shape index (κ3) is 6.54. The van der Waals surface area contributed by atoms with Crippen LogP contribution in [-0.4, -0.2) is 18.3 Å². The van der Waals surface area contributed by atoms with Gasteiger partial charge in [-0.1, -0.05) is 13.5 Å². The zero-order chi connectivity index (χ0) is 15.8. The van der Waals surface area contributed by atoms with Crippen LogP contribution >= 0.6 is 0 Å². The van der Waals surface area contributed by atoms with Gasteiger partial charge in [0.2, 0.25) is 0 Å². The first-order valence-electron chi connectivity index (χ1n) is 7.43. The standard InChI is InChI=1S/C17H27NO3/c1-7-13(4)19-16-8-10-17(11-9-16)20-14(5)15(6)21-18-12(2)3/h8-11,13-15,18H,2,7H2,1,3-6H3. The Morgan fingerprint density at radius 3 is 2.05 bits per heavy atom. The molecule has 0 saturated carbocycles. The normalized spacial score (nSPS) is 14.9. The maximum absolute atomic E-state index is 5.84. The van der Waals surface area contributed by atoms with Crippen molar-refractivity contribution in [1.29, 1.82) is 0 Å². The van der Waals surface area contributed by atoms with Crippen LogP contribution in [-0.2, 0) is 4.84 Å². The van der Waals surface area contributed by atoms with Crippen molar-refractivity contribution < 1.29 is 14.3 Å². The second-order valence-corrected chi connectivity index (χ2v) is 5.34. The maximum Gasteiger partial charge on any atom is 0.124 e. The van der Waals surface area contributed by atoms with Crippen molar-refractivity contribution in [1.82, 2.24) is 5.48 Å². The predicted molar refractivity (Wildman–Crippen MR) is 85.4 cm³/mol. The number of nitrogens with one attached hydrogen (secondary N) is 1. The SMILES string of the molecule is C=C(C)NOC(C)C(C)Oc1ccc(OC(C)CC)cc1. The Morgan fingerprint density at radius 2 is 1.57 bits per heavy atom. The minimum atomic E-state index is -0.0993. The van der Waals surface area contributed by atoms with Gasteiger partial charge in [-0.3, -0.25) is 10.3 Å². The van der Waals surface area contributed by atoms with Crippen molar-refractivity contribution in [3.05, 3.63) is 36.5 Å². The minimum absolute atomic E-state index is 0.0850. The highest BCUT2D eigenvalue weighted by molar-refractivity contribution is 5.31. The molecule has 118 valence electrons. The zero-order valence-corrected chi connectivity index (χ0v) is 13.7. The molecule has 0 saturated heterocycles. The van der Waals surface area contributed by atoms with E-state index in [0.29, 0.717) is 0 Å². The monoisotopic (exact) mass is 293 g/mol. The van der Waals surface area contributed by atoms with Gasteiger partial charge in [-0.15, -0.1) is 0 Å². The molecule has 4 nitrogen and oxygen atoms in total. The van der Waals surface area contributed by atoms with E-state index in [1.165, 1.54) is 0 Å². The molecule has 0 aliphatic carbocycles. The largest absolute Gasteiger partial charge is 0.491 e. The van der Waals surface area contributed by atoms with Gasteiger partial charge in [-0.2, -0.15) is 0 Å². The lowest BCUT2D eigenvalue weighted by molar-refractivity contribution is -0.0508. The van der Waals surface area contributed by atoms with Gasteiger partial charge in [0.05, 0.1) is 6.10 Å². The van der Waals surface area contributed by atoms with Crippen molar-refractivity contribution in [2.75, 3.05) is 0 Å². The molecule has 0 spiro atoms. The van der Waals surface area contributed by atoms with E-state index in [1.807, 2.05) is 45.0 Å². The van der Waals surface area contributed by atoms with Crippen LogP contribution in [0.1, 0.15) is 41.0 Å². The molecule has 0 fully saturated rings. The number of hydrogen-bond donors (Lipinski definition) is 1. The molecular weight excluding hydrogens is 266 g/mol. The molecule has 0 amide bonds. The Kier molecular flexibility index (Phi) is 7.09. The number of benzene rings is 1. The Bertz CT molecular complexity index is 430. The first-order chi connectivity index (χ1) is 9.92. The van der Waals surface area contributed by atoms with Gasteiger partial charge >= 0.3 is 0 Å². The third-order valence-electron chi connectivity index (χ3n) is 3.14. The van der Waals surface area contributed by atoms with Crippen LogP contribution < -0.4 is 15.0 Å². The van der Waals surface area contributed by atoms with E-state index >= 15 is 0 Å². The summed E-state index contributed by atoms with van der Waals surface area (Å²) in [5.74, 6) is 1.65. The van der Waals surface area contributed by atoms with E-state index in [1.54, 1.807) is 0 Å². The third-order valence-corrected chi connectivity index (χ3v) is 3.14. The molecule has 0 aliphatic heterocycles. The molecule has 1 aromatic carbocycles. The van der Waals surface area contributed by atoms with Gasteiger partial charge in [-0.05, 0) is 58.4 Å². The molecule has 4 heteroatoms. The smallest absolute Gasteiger partial charge is 0.124 e. The van der Waals surface area contributed by atoms with Gasteiger partial charge in [0, 0.05) is 5.70 Å². The fourth-order valence-electron chi connectivity index (χ4n) is 1.51. The second-order valence-electron chi connectivity index (χ2n) is 5.34. The topological polar surface area (TPSA) is 39.7 Å². The molecule has 21 heavy (non-hydrogen) atoms. The number of rotatable bonds is 9. The molecular formula is C17H27NO3. The van der Waals surface area contributed by atoms with E-state index in [2.05, 4.69) is 25.9 Å². The summed E-state index contributed by atoms with van der Waals surface area (Å²) in [5, 5.41) is 0. The molecule has 0 aliphatic rings. The van der Waals surface area contributed by atoms with Crippen molar-refractivity contribution in [2.24, 2.45) is 0 Å². The van der Waals surface area contributed by atoms with Crippen LogP contribution in [0.2, 0.25) is 0 Å². The van der Waals surface area contributed by atoms with Crippen LogP contribution in [0.15, 0.2) is 36.5 Å². The summed E-state index contributed by atoms with van der Waals surface area (Å²) in [6.07, 6.45) is 1.02. The molecule has 1 rings (SSSR count). The van der Waals surface area contributed by atoms with E-state index in [4.69, 9.17) is 14.3 Å². The first kappa shape index (κ1) is 17.4. The Labute approximate surface area is 128 Å². The summed E-state index contributed by atoms with van der Waals surface area (Å²) in [5.41, 5.74) is 3.52. The summed E-state index contributed by atoms with van der Waals surface area (Å²) in [6, 6.07) is 7.66. The summed E-state index contributed by atoms with van der Waals surface area (Å²) < 4.78 is 11.6. The number of hydrogen-bond acceptors (Lipinski definition) is 4. The van der Waals surface area contributed by atoms with Crippen LogP contribution in [0, 0.1) is 0 Å². The van der Waals surface area contributed by atoms with Crippen LogP contribution in [0.4, 0.5) is 0 Å². The summed E-state index contributed by atoms with van der Waals surface area (Å²) in [4.78, 5) is 5.43. The summed E-state index contributed by atoms with van der Waals surface area (Å²) in [7, 11) is 0. The molecule has 0 radical (unpaired) electrons. The predicted octanol–water partition coefficient (Wildman–Crippen LogP) is 4.07. The number of allylic oxidation sites excluding steroid dienone is 1. The van der Waals surface area contributed by atoms with Crippen LogP contribution in [0.25, 0.3) is 0 Å². The quantitative estimate of drug-likeness (QED) is 0.697. The molecule has 3 unspecified atom stereocenters. The molecule has 3 atom stereocenters. The summed E-state index contributed by atoms with van der Waals surface area (Å²) in [6.45, 7) is 13.6. The average molecular weight is 293 g/mol. The highest BCUT2D eigenvalue weighted by Gasteiger charge is 2.15. The van der Waals surface area contributed by atoms with E-state index < -0.39 is 0 Å². The minimum Gasteiger partial charge on any atom is -0.491 e. The molecule has 0 aromatic heterocycles. The van der Waals surface area contributed by atoms with Crippen LogP contribution in [0.5, 0.6) is 11.5 Å². The molecule has 1 aromatic rings. The zero-order valence-electron chi connectivity index (χ0n) is 13.7. The Morgan fingerprint density at radius 1 is 1.05 bits per heavy atom. The van der Waals surface area contributed by atoms with Crippen LogP contribution in [0.3, 0.4) is 0 Å². The molecule has 0 bridgehead atoms. The van der Waals surface area contributed by atoms with Crippen molar-refractivity contribution in [3.63, 3.8) is 0 Å².